The Morgan fingerprint density at radius 1 is 1.14 bits per heavy atom. The van der Waals surface area contributed by atoms with Crippen LogP contribution in [0.25, 0.3) is 0 Å². The zero-order valence-corrected chi connectivity index (χ0v) is 9.57. The van der Waals surface area contributed by atoms with E-state index in [1.807, 2.05) is 0 Å². The Hall–Kier alpha value is 0.270. The van der Waals surface area contributed by atoms with Crippen molar-refractivity contribution in [1.82, 2.24) is 0 Å². The van der Waals surface area contributed by atoms with Gasteiger partial charge in [0.25, 0.3) is 0 Å². The van der Waals surface area contributed by atoms with Gasteiger partial charge in [0.1, 0.15) is 24.4 Å². The minimum absolute atomic E-state index is 0. The van der Waals surface area contributed by atoms with Crippen molar-refractivity contribution in [2.45, 2.75) is 24.4 Å². The normalized spacial score (nSPS) is 18.9. The summed E-state index contributed by atoms with van der Waals surface area (Å²) in [7, 11) is 0. The van der Waals surface area contributed by atoms with Crippen molar-refractivity contribution in [2.24, 2.45) is 0 Å². The standard InChI is InChI=1S/C6H12O7.Na/c7-1-2(8)3(9)4(10)5(11)6(12)13;/h2-5,7-11H,1H2,(H,12,13);/q;+1/p-1/t2-,3-,4+,5-;/m1./s1/i1+1,2+1,3+1,4+1,5+1,6+1;. The van der Waals surface area contributed by atoms with Crippen molar-refractivity contribution >= 4 is 5.97 Å². The quantitative estimate of drug-likeness (QED) is 0.230. The first-order valence-electron chi connectivity index (χ1n) is 3.45. The Morgan fingerprint density at radius 2 is 1.57 bits per heavy atom. The van der Waals surface area contributed by atoms with E-state index in [0.717, 1.165) is 0 Å². The summed E-state index contributed by atoms with van der Waals surface area (Å²) in [5.41, 5.74) is 0. The fourth-order valence-corrected chi connectivity index (χ4v) is 0.662. The largest absolute Gasteiger partial charge is 1.00 e. The molecular weight excluding hydrogens is 213 g/mol. The molecule has 0 saturated heterocycles. The number of rotatable bonds is 5. The molecule has 0 rings (SSSR count). The van der Waals surface area contributed by atoms with Crippen LogP contribution in [0.2, 0.25) is 0 Å². The third-order valence-corrected chi connectivity index (χ3v) is 1.50. The molecule has 14 heavy (non-hydrogen) atoms. The summed E-state index contributed by atoms with van der Waals surface area (Å²) in [6, 6.07) is 0. The second-order valence-corrected chi connectivity index (χ2v) is 2.49. The van der Waals surface area contributed by atoms with Gasteiger partial charge in [-0.3, -0.25) is 0 Å². The monoisotopic (exact) mass is 224 g/mol. The summed E-state index contributed by atoms with van der Waals surface area (Å²) in [5, 5.41) is 53.4. The predicted octanol–water partition coefficient (Wildman–Crippen LogP) is -7.82. The Balaban J connectivity index is 0. The molecule has 7 nitrogen and oxygen atoms in total. The number of carbonyl (C=O) groups excluding carboxylic acids is 1. The van der Waals surface area contributed by atoms with Crippen molar-refractivity contribution in [3.63, 3.8) is 0 Å². The molecule has 0 spiro atoms. The molecule has 0 radical (unpaired) electrons. The van der Waals surface area contributed by atoms with E-state index in [1.54, 1.807) is 0 Å². The molecule has 0 aliphatic heterocycles. The molecule has 0 heterocycles. The number of aliphatic hydroxyl groups excluding tert-OH is 5. The topological polar surface area (TPSA) is 141 Å². The molecule has 0 aromatic heterocycles. The average molecular weight is 224 g/mol. The molecule has 0 unspecified atom stereocenters. The molecule has 0 bridgehead atoms. The third-order valence-electron chi connectivity index (χ3n) is 1.50. The van der Waals surface area contributed by atoms with Gasteiger partial charge in [0.05, 0.1) is 12.6 Å². The van der Waals surface area contributed by atoms with Crippen LogP contribution in [0, 0.1) is 0 Å². The van der Waals surface area contributed by atoms with Gasteiger partial charge in [0.2, 0.25) is 0 Å². The van der Waals surface area contributed by atoms with Crippen LogP contribution in [0.4, 0.5) is 0 Å². The maximum atomic E-state index is 9.98. The number of aliphatic carboxylic acids is 1. The molecule has 5 N–H and O–H groups in total. The van der Waals surface area contributed by atoms with Gasteiger partial charge >= 0.3 is 29.6 Å². The average Bonchev–Trinajstić information content (AvgIpc) is 2.12. The molecule has 0 fully saturated rings. The van der Waals surface area contributed by atoms with E-state index in [4.69, 9.17) is 25.5 Å². The van der Waals surface area contributed by atoms with Crippen molar-refractivity contribution in [2.75, 3.05) is 6.61 Å². The number of carboxylic acids is 1. The minimum Gasteiger partial charge on any atom is -0.547 e. The predicted molar refractivity (Wildman–Crippen MR) is 36.1 cm³/mol. The second kappa shape index (κ2) is 7.55. The summed E-state index contributed by atoms with van der Waals surface area (Å²) in [6.45, 7) is -0.863. The second-order valence-electron chi connectivity index (χ2n) is 2.49. The van der Waals surface area contributed by atoms with Crippen LogP contribution in [0.1, 0.15) is 0 Å². The van der Waals surface area contributed by atoms with Crippen LogP contribution in [-0.2, 0) is 4.79 Å². The van der Waals surface area contributed by atoms with Crippen LogP contribution in [0.5, 0.6) is 0 Å². The van der Waals surface area contributed by atoms with Crippen LogP contribution in [0.3, 0.4) is 0 Å². The van der Waals surface area contributed by atoms with Crippen LogP contribution in [0.15, 0.2) is 0 Å². The Kier molecular flexibility index (Phi) is 9.00. The molecule has 0 aromatic rings. The molecule has 4 atom stereocenters. The molecule has 8 heteroatoms. The summed E-state index contributed by atoms with van der Waals surface area (Å²) < 4.78 is 0. The van der Waals surface area contributed by atoms with Crippen molar-refractivity contribution < 1.29 is 65.0 Å². The Bertz CT molecular complexity index is 176. The number of aliphatic hydroxyl groups is 5. The maximum Gasteiger partial charge on any atom is 1.00 e. The van der Waals surface area contributed by atoms with Crippen molar-refractivity contribution in [1.29, 1.82) is 0 Å². The first kappa shape index (κ1) is 16.7. The van der Waals surface area contributed by atoms with Gasteiger partial charge in [-0.1, -0.05) is 0 Å². The fraction of sp³-hybridized carbons (Fsp3) is 0.833. The number of carbonyl (C=O) groups is 1. The first-order chi connectivity index (χ1) is 5.91. The summed E-state index contributed by atoms with van der Waals surface area (Å²) in [5.74, 6) is -1.98. The number of carboxylic acid groups (broad SMARTS) is 1. The minimum atomic E-state index is -2.31. The third kappa shape index (κ3) is 4.67. The Labute approximate surface area is 102 Å². The van der Waals surface area contributed by atoms with Crippen LogP contribution in [-0.4, -0.2) is 62.5 Å². The van der Waals surface area contributed by atoms with Crippen LogP contribution < -0.4 is 34.7 Å². The fourth-order valence-electron chi connectivity index (χ4n) is 0.662. The SMILES string of the molecule is O=[13C]([O-])[13C@H](O)[13C@@H](O)[13C@H](O)[13C@H](O)[13CH2]O.[Na+]. The van der Waals surface area contributed by atoms with E-state index in [-0.39, 0.29) is 29.6 Å². The smallest absolute Gasteiger partial charge is 0.547 e. The van der Waals surface area contributed by atoms with Gasteiger partial charge in [-0.15, -0.1) is 0 Å². The molecule has 0 aliphatic rings. The maximum absolute atomic E-state index is 9.98. The van der Waals surface area contributed by atoms with Gasteiger partial charge in [-0.2, -0.15) is 0 Å². The zero-order chi connectivity index (χ0) is 10.6. The van der Waals surface area contributed by atoms with E-state index < -0.39 is 37.0 Å². The number of hydrogen-bond acceptors (Lipinski definition) is 7. The molecule has 0 aromatic carbocycles. The van der Waals surface area contributed by atoms with E-state index in [2.05, 4.69) is 0 Å². The summed E-state index contributed by atoms with van der Waals surface area (Å²) in [4.78, 5) is 9.98. The molecule has 0 aliphatic carbocycles. The molecular formula is C6H11NaO7. The molecule has 0 saturated carbocycles. The van der Waals surface area contributed by atoms with Gasteiger partial charge in [0.15, 0.2) is 0 Å². The van der Waals surface area contributed by atoms with E-state index in [0.29, 0.717) is 0 Å². The zero-order valence-electron chi connectivity index (χ0n) is 7.57. The van der Waals surface area contributed by atoms with Gasteiger partial charge < -0.3 is 35.4 Å². The van der Waals surface area contributed by atoms with Gasteiger partial charge in [-0.05, 0) is 0 Å². The van der Waals surface area contributed by atoms with Gasteiger partial charge in [0, 0.05) is 0 Å². The van der Waals surface area contributed by atoms with Gasteiger partial charge in [-0.25, -0.2) is 0 Å². The van der Waals surface area contributed by atoms with Crippen molar-refractivity contribution in [3.05, 3.63) is 0 Å². The molecule has 78 valence electrons. The van der Waals surface area contributed by atoms with Crippen molar-refractivity contribution in [3.8, 4) is 0 Å². The molecule has 0 amide bonds. The van der Waals surface area contributed by atoms with E-state index in [1.165, 1.54) is 0 Å². The Morgan fingerprint density at radius 3 is 1.86 bits per heavy atom. The van der Waals surface area contributed by atoms with E-state index in [9.17, 15) is 9.90 Å². The first-order valence-corrected chi connectivity index (χ1v) is 3.45. The van der Waals surface area contributed by atoms with Crippen LogP contribution >= 0.6 is 0 Å². The summed E-state index contributed by atoms with van der Waals surface area (Å²) in [6.07, 6.45) is -8.08. The summed E-state index contributed by atoms with van der Waals surface area (Å²) >= 11 is 0. The number of hydrogen-bond donors (Lipinski definition) is 5. The van der Waals surface area contributed by atoms with E-state index >= 15 is 0 Å².